The lowest BCUT2D eigenvalue weighted by Crippen LogP contribution is -2.36. The smallest absolute Gasteiger partial charge is 0.260 e. The van der Waals surface area contributed by atoms with E-state index in [1.807, 2.05) is 67.3 Å². The maximum absolute atomic E-state index is 13.3. The first-order valence-corrected chi connectivity index (χ1v) is 25.4. The molecule has 74 heavy (non-hydrogen) atoms. The monoisotopic (exact) mass is 1050 g/mol. The molecule has 0 bridgehead atoms. The van der Waals surface area contributed by atoms with Crippen LogP contribution in [0.15, 0.2) is 60.7 Å². The second-order valence-corrected chi connectivity index (χ2v) is 20.3. The fourth-order valence-corrected chi connectivity index (χ4v) is 10.0. The van der Waals surface area contributed by atoms with Crippen molar-refractivity contribution in [2.75, 3.05) is 37.9 Å². The first-order chi connectivity index (χ1) is 35.0. The number of ether oxygens (including phenoxy) is 2. The summed E-state index contributed by atoms with van der Waals surface area (Å²) in [6.07, 6.45) is 8.19. The van der Waals surface area contributed by atoms with Crippen LogP contribution in [0, 0.1) is 0 Å². The van der Waals surface area contributed by atoms with Gasteiger partial charge in [0.05, 0.1) is 25.3 Å². The number of hydrogen-bond donors (Lipinski definition) is 3. The van der Waals surface area contributed by atoms with Crippen LogP contribution in [0.5, 0.6) is 11.5 Å². The highest BCUT2D eigenvalue weighted by atomic mass is 35.5. The van der Waals surface area contributed by atoms with Gasteiger partial charge in [-0.15, -0.1) is 32.8 Å². The number of hydrogen-bond acceptors (Lipinski definition) is 13. The van der Waals surface area contributed by atoms with Gasteiger partial charge in [-0.25, -0.2) is 9.97 Å². The molecule has 3 amide bonds. The van der Waals surface area contributed by atoms with Crippen LogP contribution in [-0.4, -0.2) is 94.7 Å². The average Bonchev–Trinajstić information content (AvgIpc) is 4.16. The first-order valence-electron chi connectivity index (χ1n) is 25.1. The number of rotatable bonds is 12. The Morgan fingerprint density at radius 1 is 0.662 bits per heavy atom. The lowest BCUT2D eigenvalue weighted by Gasteiger charge is -2.29. The van der Waals surface area contributed by atoms with E-state index in [1.54, 1.807) is 26.4 Å². The molecule has 6 aromatic rings. The van der Waals surface area contributed by atoms with E-state index in [2.05, 4.69) is 83.1 Å². The van der Waals surface area contributed by atoms with Crippen LogP contribution < -0.4 is 25.4 Å². The van der Waals surface area contributed by atoms with Crippen LogP contribution in [0.2, 0.25) is 0 Å². The van der Waals surface area contributed by atoms with Crippen molar-refractivity contribution in [3.8, 4) is 34.5 Å². The van der Waals surface area contributed by atoms with Gasteiger partial charge in [-0.05, 0) is 155 Å². The minimum absolute atomic E-state index is 0. The number of nitrogens with one attached hydrogen (secondary N) is 3. The molecule has 10 rings (SSSR count). The Kier molecular flexibility index (Phi) is 17.6. The van der Waals surface area contributed by atoms with Crippen LogP contribution in [0.3, 0.4) is 0 Å². The van der Waals surface area contributed by atoms with E-state index >= 15 is 0 Å². The fourth-order valence-electron chi connectivity index (χ4n) is 9.82. The zero-order chi connectivity index (χ0) is 52.0. The molecule has 0 saturated heterocycles. The number of methoxy groups -OCH3 is 2. The van der Waals surface area contributed by atoms with Gasteiger partial charge in [0, 0.05) is 56.4 Å². The van der Waals surface area contributed by atoms with E-state index in [-0.39, 0.29) is 46.4 Å². The summed E-state index contributed by atoms with van der Waals surface area (Å²) in [6, 6.07) is 18.7. The minimum Gasteiger partial charge on any atom is -0.496 e. The second kappa shape index (κ2) is 23.6. The molecule has 0 spiro atoms. The Balaban J connectivity index is 0.000000194. The van der Waals surface area contributed by atoms with Crippen molar-refractivity contribution < 1.29 is 28.7 Å². The molecule has 0 fully saturated rings. The molecule has 0 atom stereocenters. The maximum atomic E-state index is 13.3. The molecule has 4 aliphatic rings. The Labute approximate surface area is 443 Å². The fraction of sp³-hybridized carbons (Fsp3) is 0.444. The first kappa shape index (κ1) is 55.0. The van der Waals surface area contributed by atoms with Crippen LogP contribution >= 0.6 is 24.0 Å². The summed E-state index contributed by atoms with van der Waals surface area (Å²) >= 11 is 4.94. The van der Waals surface area contributed by atoms with Gasteiger partial charge in [0.25, 0.3) is 11.8 Å². The van der Waals surface area contributed by atoms with E-state index in [9.17, 15) is 19.2 Å². The summed E-state index contributed by atoms with van der Waals surface area (Å²) in [5, 5.41) is 26.4. The largest absolute Gasteiger partial charge is 0.496 e. The number of fused-ring (bicyclic) bond motifs is 4. The molecule has 3 N–H and O–H groups in total. The number of carbonyl (C=O) groups is 4. The number of carbonyl (C=O) groups excluding carboxylic acids is 4. The molecule has 392 valence electrons. The van der Waals surface area contributed by atoms with E-state index in [4.69, 9.17) is 21.1 Å². The minimum atomic E-state index is -0.317. The van der Waals surface area contributed by atoms with Crippen molar-refractivity contribution >= 4 is 58.6 Å². The number of amides is 3. The van der Waals surface area contributed by atoms with E-state index < -0.39 is 0 Å². The van der Waals surface area contributed by atoms with Gasteiger partial charge in [0.15, 0.2) is 11.6 Å². The molecule has 0 saturated carbocycles. The van der Waals surface area contributed by atoms with Gasteiger partial charge in [0.1, 0.15) is 46.2 Å². The molecular weight excluding hydrogens is 984 g/mol. The van der Waals surface area contributed by atoms with Crippen LogP contribution in [0.25, 0.3) is 23.0 Å². The van der Waals surface area contributed by atoms with Gasteiger partial charge in [-0.1, -0.05) is 26.0 Å². The van der Waals surface area contributed by atoms with Gasteiger partial charge in [-0.3, -0.25) is 19.2 Å². The highest BCUT2D eigenvalue weighted by molar-refractivity contribution is 6.63. The molecule has 2 aromatic carbocycles. The average molecular weight is 1050 g/mol. The molecule has 0 radical (unpaired) electrons. The standard InChI is InChI=1S/C27H32N6O3.C23H26N6O2.C4H7ClO.ClH/c1-5-7-24(34)32-13-11-17-15-21(36-4)19(14-18(17)16-32)26(35)29-22-9-6-8-20(28-22)25-31-30-23-10-12-27(2,3)33(23)25;1-23(2)9-7-20-27-28-21(29(20)23)17-5-4-6-19(25-17)26-22(30)16-11-15-13-24-10-8-14(15)12-18(16)31-3;1-2-3-4(5)6;/h6,8-9,14-15H,5,7,10-13,16H2,1-4H3,(H,28,29,35);4-6,11-12,24H,7-10,13H2,1-3H3,(H,25,26,30);2-3H2,1H3;1H. The summed E-state index contributed by atoms with van der Waals surface area (Å²) in [4.78, 5) is 59.9. The predicted octanol–water partition coefficient (Wildman–Crippen LogP) is 8.87. The Hall–Kier alpha value is -6.76. The number of anilines is 2. The lowest BCUT2D eigenvalue weighted by atomic mass is 9.96. The number of aromatic nitrogens is 8. The zero-order valence-corrected chi connectivity index (χ0v) is 45.0. The van der Waals surface area contributed by atoms with Gasteiger partial charge in [0.2, 0.25) is 11.1 Å². The predicted molar refractivity (Wildman–Crippen MR) is 286 cm³/mol. The van der Waals surface area contributed by atoms with E-state index in [1.165, 1.54) is 5.56 Å². The zero-order valence-electron chi connectivity index (χ0n) is 43.4. The van der Waals surface area contributed by atoms with Gasteiger partial charge >= 0.3 is 0 Å². The highest BCUT2D eigenvalue weighted by Crippen LogP contribution is 2.37. The van der Waals surface area contributed by atoms with Crippen LogP contribution in [-0.2, 0) is 59.4 Å². The van der Waals surface area contributed by atoms with E-state index in [0.29, 0.717) is 77.4 Å². The maximum Gasteiger partial charge on any atom is 0.260 e. The molecular formula is C54H66Cl2N12O6. The normalized spacial score (nSPS) is 15.3. The summed E-state index contributed by atoms with van der Waals surface area (Å²) in [5.41, 5.74) is 6.54. The molecule has 4 aliphatic heterocycles. The van der Waals surface area contributed by atoms with Crippen LogP contribution in [0.4, 0.5) is 11.6 Å². The summed E-state index contributed by atoms with van der Waals surface area (Å²) in [6.45, 7) is 15.5. The summed E-state index contributed by atoms with van der Waals surface area (Å²) in [5.74, 6) is 4.91. The Bertz CT molecular complexity index is 3040. The number of nitrogens with zero attached hydrogens (tertiary/aromatic N) is 9. The number of aryl methyl sites for hydroxylation is 2. The third kappa shape index (κ3) is 12.1. The van der Waals surface area contributed by atoms with Crippen molar-refractivity contribution in [3.05, 3.63) is 106 Å². The van der Waals surface area contributed by atoms with Crippen molar-refractivity contribution in [2.45, 2.75) is 130 Å². The topological polar surface area (TPSA) is 213 Å². The molecule has 0 unspecified atom stereocenters. The van der Waals surface area contributed by atoms with Gasteiger partial charge in [-0.2, -0.15) is 0 Å². The van der Waals surface area contributed by atoms with Gasteiger partial charge < -0.3 is 39.5 Å². The lowest BCUT2D eigenvalue weighted by molar-refractivity contribution is -0.132. The molecule has 4 aromatic heterocycles. The van der Waals surface area contributed by atoms with Crippen molar-refractivity contribution in [2.24, 2.45) is 0 Å². The summed E-state index contributed by atoms with van der Waals surface area (Å²) in [7, 11) is 3.15. The molecule has 8 heterocycles. The highest BCUT2D eigenvalue weighted by Gasteiger charge is 2.36. The number of pyridine rings is 2. The van der Waals surface area contributed by atoms with Crippen molar-refractivity contribution in [1.29, 1.82) is 0 Å². The SMILES string of the molecule is CCCC(=O)Cl.CCCC(=O)N1CCc2cc(OC)c(C(=O)Nc3cccc(-c4nnc5n4C(C)(C)CC5)n3)cc2C1.COc1cc2c(cc1C(=O)Nc1cccc(-c3nnc4n3C(C)(C)CC4)n1)CNCC2.Cl. The number of benzene rings is 2. The van der Waals surface area contributed by atoms with E-state index in [0.717, 1.165) is 98.6 Å². The third-order valence-corrected chi connectivity index (χ3v) is 13.9. The van der Waals surface area contributed by atoms with Crippen LogP contribution in [0.1, 0.15) is 135 Å². The molecule has 20 heteroatoms. The number of halogens is 2. The Morgan fingerprint density at radius 3 is 1.64 bits per heavy atom. The third-order valence-electron chi connectivity index (χ3n) is 13.7. The Morgan fingerprint density at radius 2 is 1.16 bits per heavy atom. The summed E-state index contributed by atoms with van der Waals surface area (Å²) < 4.78 is 15.3. The molecule has 18 nitrogen and oxygen atoms in total. The van der Waals surface area contributed by atoms with Crippen molar-refractivity contribution in [1.82, 2.24) is 49.7 Å². The van der Waals surface area contributed by atoms with Crippen molar-refractivity contribution in [3.63, 3.8) is 0 Å². The second-order valence-electron chi connectivity index (χ2n) is 19.9. The molecule has 0 aliphatic carbocycles. The quantitative estimate of drug-likeness (QED) is 0.0979.